The first kappa shape index (κ1) is 11.3. The van der Waals surface area contributed by atoms with Gasteiger partial charge in [-0.2, -0.15) is 0 Å². The zero-order valence-electron chi connectivity index (χ0n) is 5.66. The van der Waals surface area contributed by atoms with Gasteiger partial charge < -0.3 is 5.11 Å². The van der Waals surface area contributed by atoms with Gasteiger partial charge in [0.2, 0.25) is 0 Å². The predicted molar refractivity (Wildman–Crippen MR) is 45.3 cm³/mol. The Morgan fingerprint density at radius 2 is 1.73 bits per heavy atom. The third kappa shape index (κ3) is 3.49. The molecule has 0 saturated heterocycles. The Kier molecular flexibility index (Phi) is 5.21. The summed E-state index contributed by atoms with van der Waals surface area (Å²) in [5.74, 6) is 0.199. The number of rotatable bonds is 1. The Balaban J connectivity index is 0.000001000. The number of phenols is 1. The van der Waals surface area contributed by atoms with E-state index in [1.807, 2.05) is 0 Å². The molecule has 1 N–H and O–H groups in total. The molecule has 0 spiro atoms. The standard InChI is InChI=1S/C8H8O2.K.H/c1-6(9)7-2-4-8(10)5-3-7;;/h2-5,10H,1H3;;. The summed E-state index contributed by atoms with van der Waals surface area (Å²) in [5.41, 5.74) is 0.623. The molecular formula is C8H9KO2. The minimum absolute atomic E-state index is 0. The maximum absolute atomic E-state index is 10.7. The van der Waals surface area contributed by atoms with Crippen LogP contribution in [0.3, 0.4) is 0 Å². The number of Topliss-reactive ketones (excluding diaryl/α,β-unsaturated/α-hetero) is 1. The van der Waals surface area contributed by atoms with E-state index in [0.717, 1.165) is 0 Å². The van der Waals surface area contributed by atoms with E-state index in [1.54, 1.807) is 12.1 Å². The van der Waals surface area contributed by atoms with E-state index in [-0.39, 0.29) is 62.9 Å². The Labute approximate surface area is 108 Å². The molecule has 0 heterocycles. The SMILES string of the molecule is CC(=O)c1ccc(O)cc1.[KH]. The summed E-state index contributed by atoms with van der Waals surface area (Å²) < 4.78 is 0. The number of aromatic hydroxyl groups is 1. The van der Waals surface area contributed by atoms with Gasteiger partial charge in [0.05, 0.1) is 0 Å². The molecule has 0 radical (unpaired) electrons. The summed E-state index contributed by atoms with van der Waals surface area (Å²) in [5, 5.41) is 8.83. The molecule has 0 unspecified atom stereocenters. The van der Waals surface area contributed by atoms with Gasteiger partial charge in [0, 0.05) is 5.56 Å². The molecule has 1 aromatic carbocycles. The number of hydrogen-bond donors (Lipinski definition) is 1. The topological polar surface area (TPSA) is 37.3 Å². The van der Waals surface area contributed by atoms with Crippen molar-refractivity contribution in [3.63, 3.8) is 0 Å². The second kappa shape index (κ2) is 5.06. The van der Waals surface area contributed by atoms with Crippen molar-refractivity contribution in [1.29, 1.82) is 0 Å². The summed E-state index contributed by atoms with van der Waals surface area (Å²) in [6.45, 7) is 1.49. The Morgan fingerprint density at radius 3 is 2.09 bits per heavy atom. The van der Waals surface area contributed by atoms with Crippen LogP contribution >= 0.6 is 0 Å². The van der Waals surface area contributed by atoms with Crippen LogP contribution in [0, 0.1) is 0 Å². The summed E-state index contributed by atoms with van der Waals surface area (Å²) in [4.78, 5) is 10.7. The molecule has 11 heavy (non-hydrogen) atoms. The summed E-state index contributed by atoms with van der Waals surface area (Å²) in [7, 11) is 0. The van der Waals surface area contributed by atoms with E-state index in [9.17, 15) is 4.79 Å². The van der Waals surface area contributed by atoms with E-state index in [2.05, 4.69) is 0 Å². The van der Waals surface area contributed by atoms with E-state index in [1.165, 1.54) is 19.1 Å². The van der Waals surface area contributed by atoms with Gasteiger partial charge in [-0.15, -0.1) is 0 Å². The van der Waals surface area contributed by atoms with Crippen molar-refractivity contribution >= 4 is 57.2 Å². The third-order valence-corrected chi connectivity index (χ3v) is 1.27. The summed E-state index contributed by atoms with van der Waals surface area (Å²) in [6, 6.07) is 6.18. The van der Waals surface area contributed by atoms with Crippen LogP contribution in [-0.2, 0) is 0 Å². The molecule has 0 saturated carbocycles. The zero-order chi connectivity index (χ0) is 7.56. The predicted octanol–water partition coefficient (Wildman–Crippen LogP) is 0.946. The number of hydrogen-bond acceptors (Lipinski definition) is 2. The fraction of sp³-hybridized carbons (Fsp3) is 0.125. The van der Waals surface area contributed by atoms with Gasteiger partial charge in [-0.3, -0.25) is 4.79 Å². The Bertz CT molecular complexity index is 241. The average molecular weight is 176 g/mol. The molecule has 0 amide bonds. The van der Waals surface area contributed by atoms with Crippen molar-refractivity contribution in [2.75, 3.05) is 0 Å². The first-order valence-corrected chi connectivity index (χ1v) is 3.00. The Morgan fingerprint density at radius 1 is 1.27 bits per heavy atom. The quantitative estimate of drug-likeness (QED) is 0.511. The molecule has 0 bridgehead atoms. The van der Waals surface area contributed by atoms with Crippen molar-refractivity contribution in [3.8, 4) is 5.75 Å². The maximum atomic E-state index is 10.7. The zero-order valence-corrected chi connectivity index (χ0v) is 5.66. The van der Waals surface area contributed by atoms with Crippen LogP contribution in [0.15, 0.2) is 24.3 Å². The molecule has 54 valence electrons. The van der Waals surface area contributed by atoms with E-state index in [0.29, 0.717) is 5.56 Å². The summed E-state index contributed by atoms with van der Waals surface area (Å²) >= 11 is 0. The first-order valence-electron chi connectivity index (χ1n) is 3.00. The molecule has 0 atom stereocenters. The van der Waals surface area contributed by atoms with Crippen molar-refractivity contribution in [2.45, 2.75) is 6.92 Å². The van der Waals surface area contributed by atoms with Crippen LogP contribution in [0.2, 0.25) is 0 Å². The molecule has 2 nitrogen and oxygen atoms in total. The normalized spacial score (nSPS) is 8.45. The first-order chi connectivity index (χ1) is 4.70. The van der Waals surface area contributed by atoms with Gasteiger partial charge >= 0.3 is 51.4 Å². The van der Waals surface area contributed by atoms with Crippen molar-refractivity contribution in [3.05, 3.63) is 29.8 Å². The van der Waals surface area contributed by atoms with Crippen molar-refractivity contribution in [2.24, 2.45) is 0 Å². The molecule has 0 aliphatic heterocycles. The van der Waals surface area contributed by atoms with Gasteiger partial charge in [-0.1, -0.05) is 0 Å². The van der Waals surface area contributed by atoms with Crippen LogP contribution in [0.1, 0.15) is 17.3 Å². The molecule has 0 aliphatic rings. The molecule has 0 aliphatic carbocycles. The van der Waals surface area contributed by atoms with Crippen molar-refractivity contribution in [1.82, 2.24) is 0 Å². The van der Waals surface area contributed by atoms with Crippen LogP contribution in [0.5, 0.6) is 5.75 Å². The van der Waals surface area contributed by atoms with Crippen molar-refractivity contribution < 1.29 is 9.90 Å². The molecular weight excluding hydrogens is 167 g/mol. The number of carbonyl (C=O) groups is 1. The number of phenolic OH excluding ortho intramolecular Hbond substituents is 1. The number of ketones is 1. The molecule has 1 aromatic rings. The fourth-order valence-corrected chi connectivity index (χ4v) is 0.696. The summed E-state index contributed by atoms with van der Waals surface area (Å²) in [6.07, 6.45) is 0. The molecule has 1 rings (SSSR count). The minimum atomic E-state index is 0. The third-order valence-electron chi connectivity index (χ3n) is 1.27. The Hall–Kier alpha value is 0.326. The van der Waals surface area contributed by atoms with Crippen LogP contribution in [-0.4, -0.2) is 62.3 Å². The van der Waals surface area contributed by atoms with Gasteiger partial charge in [0.25, 0.3) is 0 Å². The van der Waals surface area contributed by atoms with Gasteiger partial charge in [-0.05, 0) is 31.2 Å². The van der Waals surface area contributed by atoms with Gasteiger partial charge in [-0.25, -0.2) is 0 Å². The second-order valence-electron chi connectivity index (χ2n) is 2.10. The number of benzene rings is 1. The van der Waals surface area contributed by atoms with E-state index in [4.69, 9.17) is 5.11 Å². The number of carbonyl (C=O) groups excluding carboxylic acids is 1. The van der Waals surface area contributed by atoms with Gasteiger partial charge in [0.1, 0.15) is 5.75 Å². The van der Waals surface area contributed by atoms with E-state index < -0.39 is 0 Å². The second-order valence-corrected chi connectivity index (χ2v) is 2.10. The van der Waals surface area contributed by atoms with Crippen LogP contribution in [0.4, 0.5) is 0 Å². The fourth-order valence-electron chi connectivity index (χ4n) is 0.696. The van der Waals surface area contributed by atoms with E-state index >= 15 is 0 Å². The molecule has 0 aromatic heterocycles. The average Bonchev–Trinajstić information content (AvgIpc) is 1.88. The molecule has 3 heteroatoms. The van der Waals surface area contributed by atoms with Crippen LogP contribution in [0.25, 0.3) is 0 Å². The molecule has 0 fully saturated rings. The van der Waals surface area contributed by atoms with Gasteiger partial charge in [0.15, 0.2) is 5.78 Å². The van der Waals surface area contributed by atoms with Crippen LogP contribution < -0.4 is 0 Å². The monoisotopic (exact) mass is 176 g/mol.